The molecule has 1 unspecified atom stereocenters. The standard InChI is InChI=1S/C24H30N4O4/c29-20(16-27-10-13-30-14-11-27)17-32-23-7-6-18-4-5-19(15-21(18)26-23)22-8-9-25-28(22)24-3-1-2-12-31-24/h4-9,15,20,24,29H,1-3,10-14,16-17H2/t20-,24?/m1/s1. The molecule has 0 radical (unpaired) electrons. The summed E-state index contributed by atoms with van der Waals surface area (Å²) in [5, 5.41) is 15.9. The lowest BCUT2D eigenvalue weighted by Gasteiger charge is -2.28. The molecule has 1 N–H and O–H groups in total. The summed E-state index contributed by atoms with van der Waals surface area (Å²) in [6.45, 7) is 4.69. The van der Waals surface area contributed by atoms with Crippen LogP contribution in [0.5, 0.6) is 5.88 Å². The molecule has 2 aromatic heterocycles. The zero-order valence-corrected chi connectivity index (χ0v) is 18.2. The highest BCUT2D eigenvalue weighted by Gasteiger charge is 2.20. The number of hydrogen-bond donors (Lipinski definition) is 1. The van der Waals surface area contributed by atoms with Gasteiger partial charge in [0, 0.05) is 49.5 Å². The van der Waals surface area contributed by atoms with E-state index in [2.05, 4.69) is 33.2 Å². The molecule has 0 aliphatic carbocycles. The number of aliphatic hydroxyl groups is 1. The molecule has 0 saturated carbocycles. The number of pyridine rings is 1. The maximum atomic E-state index is 10.3. The van der Waals surface area contributed by atoms with Crippen molar-refractivity contribution >= 4 is 10.9 Å². The molecule has 1 aromatic carbocycles. The van der Waals surface area contributed by atoms with E-state index >= 15 is 0 Å². The number of β-amino-alcohol motifs (C(OH)–C–C–N with tert-alkyl or cyclic N) is 1. The van der Waals surface area contributed by atoms with E-state index in [9.17, 15) is 5.11 Å². The van der Waals surface area contributed by atoms with E-state index in [0.29, 0.717) is 25.6 Å². The molecule has 170 valence electrons. The molecule has 2 aliphatic rings. The van der Waals surface area contributed by atoms with Crippen molar-refractivity contribution in [1.29, 1.82) is 0 Å². The predicted octanol–water partition coefficient (Wildman–Crippen LogP) is 2.87. The van der Waals surface area contributed by atoms with Crippen LogP contribution in [-0.4, -0.2) is 76.9 Å². The van der Waals surface area contributed by atoms with Gasteiger partial charge in [-0.2, -0.15) is 5.10 Å². The molecule has 3 aromatic rings. The van der Waals surface area contributed by atoms with Crippen molar-refractivity contribution in [3.05, 3.63) is 42.6 Å². The van der Waals surface area contributed by atoms with Crippen molar-refractivity contribution in [2.24, 2.45) is 0 Å². The van der Waals surface area contributed by atoms with E-state index in [1.54, 1.807) is 0 Å². The molecule has 0 bridgehead atoms. The number of aromatic nitrogens is 3. The topological polar surface area (TPSA) is 81.9 Å². The largest absolute Gasteiger partial charge is 0.475 e. The zero-order chi connectivity index (χ0) is 21.8. The van der Waals surface area contributed by atoms with Crippen LogP contribution in [0, 0.1) is 0 Å². The fourth-order valence-electron chi connectivity index (χ4n) is 4.34. The summed E-state index contributed by atoms with van der Waals surface area (Å²) < 4.78 is 19.1. The third kappa shape index (κ3) is 4.94. The first-order valence-electron chi connectivity index (χ1n) is 11.4. The lowest BCUT2D eigenvalue weighted by Crippen LogP contribution is -2.42. The van der Waals surface area contributed by atoms with Crippen LogP contribution in [0.3, 0.4) is 0 Å². The number of nitrogens with zero attached hydrogens (tertiary/aromatic N) is 4. The van der Waals surface area contributed by atoms with Gasteiger partial charge in [0.2, 0.25) is 5.88 Å². The first-order chi connectivity index (χ1) is 15.8. The van der Waals surface area contributed by atoms with Crippen LogP contribution >= 0.6 is 0 Å². The second-order valence-electron chi connectivity index (χ2n) is 8.42. The number of fused-ring (bicyclic) bond motifs is 1. The van der Waals surface area contributed by atoms with Crippen molar-refractivity contribution in [1.82, 2.24) is 19.7 Å². The lowest BCUT2D eigenvalue weighted by atomic mass is 10.1. The molecular weight excluding hydrogens is 408 g/mol. The van der Waals surface area contributed by atoms with E-state index < -0.39 is 6.10 Å². The molecule has 5 rings (SSSR count). The summed E-state index contributed by atoms with van der Waals surface area (Å²) >= 11 is 0. The monoisotopic (exact) mass is 438 g/mol. The maximum Gasteiger partial charge on any atom is 0.213 e. The summed E-state index contributed by atoms with van der Waals surface area (Å²) in [6.07, 6.45) is 4.48. The third-order valence-corrected chi connectivity index (χ3v) is 6.06. The maximum absolute atomic E-state index is 10.3. The predicted molar refractivity (Wildman–Crippen MR) is 121 cm³/mol. The summed E-state index contributed by atoms with van der Waals surface area (Å²) in [7, 11) is 0. The van der Waals surface area contributed by atoms with E-state index in [4.69, 9.17) is 14.2 Å². The van der Waals surface area contributed by atoms with Crippen molar-refractivity contribution < 1.29 is 19.3 Å². The van der Waals surface area contributed by atoms with E-state index in [1.165, 1.54) is 0 Å². The third-order valence-electron chi connectivity index (χ3n) is 6.06. The molecule has 32 heavy (non-hydrogen) atoms. The van der Waals surface area contributed by atoms with Crippen LogP contribution < -0.4 is 4.74 Å². The van der Waals surface area contributed by atoms with Crippen LogP contribution in [0.25, 0.3) is 22.2 Å². The Morgan fingerprint density at radius 1 is 1.09 bits per heavy atom. The normalized spacial score (nSPS) is 21.0. The number of rotatable bonds is 7. The summed E-state index contributed by atoms with van der Waals surface area (Å²) in [5.41, 5.74) is 2.91. The first-order valence-corrected chi connectivity index (χ1v) is 11.4. The van der Waals surface area contributed by atoms with Crippen molar-refractivity contribution in [3.63, 3.8) is 0 Å². The quantitative estimate of drug-likeness (QED) is 0.607. The van der Waals surface area contributed by atoms with Gasteiger partial charge in [0.25, 0.3) is 0 Å². The van der Waals surface area contributed by atoms with Crippen LogP contribution in [0.15, 0.2) is 42.6 Å². The molecule has 2 fully saturated rings. The fraction of sp³-hybridized carbons (Fsp3) is 0.500. The second kappa shape index (κ2) is 9.95. The van der Waals surface area contributed by atoms with E-state index in [1.807, 2.05) is 29.1 Å². The van der Waals surface area contributed by atoms with Gasteiger partial charge in [-0.15, -0.1) is 0 Å². The zero-order valence-electron chi connectivity index (χ0n) is 18.2. The number of hydrogen-bond acceptors (Lipinski definition) is 7. The fourth-order valence-corrected chi connectivity index (χ4v) is 4.34. The highest BCUT2D eigenvalue weighted by Crippen LogP contribution is 2.30. The Kier molecular flexibility index (Phi) is 6.64. The van der Waals surface area contributed by atoms with E-state index in [0.717, 1.165) is 61.1 Å². The summed E-state index contributed by atoms with van der Waals surface area (Å²) in [5.74, 6) is 0.514. The average Bonchev–Trinajstić information content (AvgIpc) is 3.33. The highest BCUT2D eigenvalue weighted by atomic mass is 16.5. The van der Waals surface area contributed by atoms with Crippen LogP contribution in [0.1, 0.15) is 25.5 Å². The van der Waals surface area contributed by atoms with Crippen molar-refractivity contribution in [3.8, 4) is 17.1 Å². The second-order valence-corrected chi connectivity index (χ2v) is 8.42. The number of aliphatic hydroxyl groups excluding tert-OH is 1. The van der Waals surface area contributed by atoms with Gasteiger partial charge >= 0.3 is 0 Å². The van der Waals surface area contributed by atoms with Gasteiger partial charge in [-0.25, -0.2) is 9.67 Å². The summed E-state index contributed by atoms with van der Waals surface area (Å²) in [4.78, 5) is 6.87. The molecule has 0 amide bonds. The Hall–Kier alpha value is -2.52. The Morgan fingerprint density at radius 2 is 1.97 bits per heavy atom. The van der Waals surface area contributed by atoms with Crippen molar-refractivity contribution in [2.45, 2.75) is 31.6 Å². The minimum absolute atomic E-state index is 0.0139. The SMILES string of the molecule is O[C@@H](COc1ccc2ccc(-c3ccnn3C3CCCCO3)cc2n1)CN1CCOCC1. The molecule has 2 atom stereocenters. The van der Waals surface area contributed by atoms with Gasteiger partial charge in [-0.05, 0) is 37.5 Å². The molecule has 0 spiro atoms. The minimum Gasteiger partial charge on any atom is -0.475 e. The van der Waals surface area contributed by atoms with E-state index in [-0.39, 0.29) is 12.8 Å². The first kappa shape index (κ1) is 21.3. The lowest BCUT2D eigenvalue weighted by molar-refractivity contribution is -0.0383. The molecular formula is C24H30N4O4. The molecule has 8 heteroatoms. The molecule has 8 nitrogen and oxygen atoms in total. The van der Waals surface area contributed by atoms with Gasteiger partial charge in [0.05, 0.1) is 24.4 Å². The van der Waals surface area contributed by atoms with Gasteiger partial charge in [0.15, 0.2) is 6.23 Å². The number of ether oxygens (including phenoxy) is 3. The smallest absolute Gasteiger partial charge is 0.213 e. The molecule has 2 aliphatic heterocycles. The number of benzene rings is 1. The van der Waals surface area contributed by atoms with Crippen LogP contribution in [-0.2, 0) is 9.47 Å². The Bertz CT molecular complexity index is 1030. The Morgan fingerprint density at radius 3 is 2.81 bits per heavy atom. The highest BCUT2D eigenvalue weighted by molar-refractivity contribution is 5.84. The van der Waals surface area contributed by atoms with Crippen LogP contribution in [0.2, 0.25) is 0 Å². The van der Waals surface area contributed by atoms with Gasteiger partial charge < -0.3 is 19.3 Å². The molecule has 2 saturated heterocycles. The van der Waals surface area contributed by atoms with Gasteiger partial charge in [-0.1, -0.05) is 12.1 Å². The average molecular weight is 439 g/mol. The Labute approximate surface area is 187 Å². The Balaban J connectivity index is 1.29. The van der Waals surface area contributed by atoms with Crippen LogP contribution in [0.4, 0.5) is 0 Å². The van der Waals surface area contributed by atoms with Gasteiger partial charge in [0.1, 0.15) is 12.7 Å². The van der Waals surface area contributed by atoms with Crippen molar-refractivity contribution in [2.75, 3.05) is 46.1 Å². The molecule has 4 heterocycles. The number of morpholine rings is 1. The summed E-state index contributed by atoms with van der Waals surface area (Å²) in [6, 6.07) is 12.1. The minimum atomic E-state index is -0.568. The van der Waals surface area contributed by atoms with Gasteiger partial charge in [-0.3, -0.25) is 4.90 Å².